The van der Waals surface area contributed by atoms with Crippen LogP contribution < -0.4 is 0 Å². The van der Waals surface area contributed by atoms with Gasteiger partial charge in [0.2, 0.25) is 0 Å². The average Bonchev–Trinajstić information content (AvgIpc) is 2.99. The molecule has 10 atom stereocenters. The highest BCUT2D eigenvalue weighted by Crippen LogP contribution is 2.68. The molecular formula is C26H44O2. The van der Waals surface area contributed by atoms with Gasteiger partial charge in [-0.3, -0.25) is 4.79 Å². The van der Waals surface area contributed by atoms with E-state index in [1.54, 1.807) is 6.92 Å². The minimum Gasteiger partial charge on any atom is -0.393 e. The van der Waals surface area contributed by atoms with Gasteiger partial charge in [-0.15, -0.1) is 0 Å². The molecule has 0 bridgehead atoms. The van der Waals surface area contributed by atoms with Crippen LogP contribution in [0.15, 0.2) is 0 Å². The summed E-state index contributed by atoms with van der Waals surface area (Å²) < 4.78 is 0. The largest absolute Gasteiger partial charge is 0.393 e. The van der Waals surface area contributed by atoms with E-state index in [0.717, 1.165) is 48.9 Å². The lowest BCUT2D eigenvalue weighted by atomic mass is 9.44. The number of carbonyl (C=O) groups excluding carboxylic acids is 1. The van der Waals surface area contributed by atoms with Crippen LogP contribution in [0, 0.1) is 52.3 Å². The fourth-order valence-electron chi connectivity index (χ4n) is 9.10. The van der Waals surface area contributed by atoms with E-state index in [1.165, 1.54) is 44.9 Å². The van der Waals surface area contributed by atoms with Gasteiger partial charge in [-0.1, -0.05) is 27.7 Å². The third-order valence-corrected chi connectivity index (χ3v) is 10.8. The van der Waals surface area contributed by atoms with E-state index in [2.05, 4.69) is 27.7 Å². The van der Waals surface area contributed by atoms with Gasteiger partial charge in [0.25, 0.3) is 0 Å². The van der Waals surface area contributed by atoms with Crippen LogP contribution in [0.5, 0.6) is 0 Å². The van der Waals surface area contributed by atoms with Crippen molar-refractivity contribution in [2.45, 2.75) is 105 Å². The van der Waals surface area contributed by atoms with Crippen LogP contribution in [-0.4, -0.2) is 17.0 Å². The molecule has 0 radical (unpaired) electrons. The molecule has 28 heavy (non-hydrogen) atoms. The first-order valence-electron chi connectivity index (χ1n) is 12.3. The number of fused-ring (bicyclic) bond motifs is 5. The highest BCUT2D eigenvalue weighted by Gasteiger charge is 2.60. The van der Waals surface area contributed by atoms with Crippen molar-refractivity contribution in [3.63, 3.8) is 0 Å². The number of ketones is 1. The molecule has 1 N–H and O–H groups in total. The smallest absolute Gasteiger partial charge is 0.132 e. The zero-order chi connectivity index (χ0) is 20.3. The van der Waals surface area contributed by atoms with E-state index in [4.69, 9.17) is 0 Å². The van der Waals surface area contributed by atoms with Gasteiger partial charge in [0, 0.05) is 5.92 Å². The molecule has 4 unspecified atom stereocenters. The van der Waals surface area contributed by atoms with E-state index in [-0.39, 0.29) is 12.0 Å². The molecule has 0 aliphatic heterocycles. The zero-order valence-electron chi connectivity index (χ0n) is 19.0. The second-order valence-corrected chi connectivity index (χ2v) is 12.0. The predicted molar refractivity (Wildman–Crippen MR) is 115 cm³/mol. The lowest BCUT2D eigenvalue weighted by Gasteiger charge is -2.61. The Hall–Kier alpha value is -0.370. The third kappa shape index (κ3) is 3.21. The Bertz CT molecular complexity index is 599. The monoisotopic (exact) mass is 388 g/mol. The highest BCUT2D eigenvalue weighted by atomic mass is 16.3. The number of carbonyl (C=O) groups is 1. The van der Waals surface area contributed by atoms with Crippen LogP contribution in [0.4, 0.5) is 0 Å². The number of hydrogen-bond acceptors (Lipinski definition) is 2. The summed E-state index contributed by atoms with van der Waals surface area (Å²) >= 11 is 0. The molecule has 2 nitrogen and oxygen atoms in total. The Labute approximate surface area is 173 Å². The van der Waals surface area contributed by atoms with Crippen LogP contribution in [0.1, 0.15) is 98.8 Å². The minimum atomic E-state index is -0.0385. The molecule has 4 rings (SSSR count). The van der Waals surface area contributed by atoms with Crippen molar-refractivity contribution >= 4 is 5.78 Å². The van der Waals surface area contributed by atoms with E-state index >= 15 is 0 Å². The molecule has 0 spiro atoms. The summed E-state index contributed by atoms with van der Waals surface area (Å²) in [6.45, 7) is 11.5. The third-order valence-electron chi connectivity index (χ3n) is 10.8. The minimum absolute atomic E-state index is 0.0385. The van der Waals surface area contributed by atoms with Gasteiger partial charge in [-0.05, 0) is 117 Å². The first kappa shape index (κ1) is 20.9. The summed E-state index contributed by atoms with van der Waals surface area (Å²) in [5.41, 5.74) is 0.977. The molecule has 160 valence electrons. The van der Waals surface area contributed by atoms with Crippen LogP contribution in [-0.2, 0) is 4.79 Å². The molecule has 0 aromatic carbocycles. The van der Waals surface area contributed by atoms with Gasteiger partial charge < -0.3 is 5.11 Å². The Morgan fingerprint density at radius 3 is 2.36 bits per heavy atom. The van der Waals surface area contributed by atoms with E-state index < -0.39 is 0 Å². The van der Waals surface area contributed by atoms with Gasteiger partial charge in [0.15, 0.2) is 0 Å². The number of hydrogen-bond donors (Lipinski definition) is 1. The first-order chi connectivity index (χ1) is 13.2. The number of aliphatic hydroxyl groups is 1. The fourth-order valence-corrected chi connectivity index (χ4v) is 9.10. The molecule has 4 aliphatic carbocycles. The molecule has 0 saturated heterocycles. The normalized spacial score (nSPS) is 50.2. The highest BCUT2D eigenvalue weighted by molar-refractivity contribution is 5.77. The lowest BCUT2D eigenvalue weighted by Crippen LogP contribution is -2.54. The summed E-state index contributed by atoms with van der Waals surface area (Å²) in [5, 5.41) is 10.2. The Morgan fingerprint density at radius 1 is 0.964 bits per heavy atom. The molecule has 0 amide bonds. The van der Waals surface area contributed by atoms with E-state index in [9.17, 15) is 9.90 Å². The number of rotatable bonds is 4. The predicted octanol–water partition coefficient (Wildman–Crippen LogP) is 6.26. The lowest BCUT2D eigenvalue weighted by molar-refractivity contribution is -0.130. The van der Waals surface area contributed by atoms with Crippen molar-refractivity contribution in [2.75, 3.05) is 0 Å². The van der Waals surface area contributed by atoms with Crippen LogP contribution in [0.2, 0.25) is 0 Å². The number of Topliss-reactive ketones (excluding diaryl/α,β-unsaturated/α-hetero) is 1. The van der Waals surface area contributed by atoms with Crippen molar-refractivity contribution in [2.24, 2.45) is 52.3 Å². The second-order valence-electron chi connectivity index (χ2n) is 12.0. The Kier molecular flexibility index (Phi) is 5.52. The Morgan fingerprint density at radius 2 is 1.64 bits per heavy atom. The molecule has 0 aromatic heterocycles. The molecule has 0 aromatic rings. The number of aliphatic hydroxyl groups excluding tert-OH is 1. The molecule has 2 heteroatoms. The molecule has 4 saturated carbocycles. The average molecular weight is 389 g/mol. The van der Waals surface area contributed by atoms with Crippen molar-refractivity contribution in [1.29, 1.82) is 0 Å². The molecule has 4 fully saturated rings. The van der Waals surface area contributed by atoms with Crippen molar-refractivity contribution in [1.82, 2.24) is 0 Å². The van der Waals surface area contributed by atoms with Gasteiger partial charge >= 0.3 is 0 Å². The van der Waals surface area contributed by atoms with Gasteiger partial charge in [0.1, 0.15) is 5.78 Å². The van der Waals surface area contributed by atoms with Crippen LogP contribution >= 0.6 is 0 Å². The van der Waals surface area contributed by atoms with Crippen LogP contribution in [0.25, 0.3) is 0 Å². The fraction of sp³-hybridized carbons (Fsp3) is 0.962. The second kappa shape index (κ2) is 7.40. The Balaban J connectivity index is 1.51. The maximum atomic E-state index is 11.8. The standard InChI is InChI=1S/C26H44O2/c1-16(18(3)27)14-17(2)22-8-9-23-21-7-6-19-15-20(28)10-12-25(19,4)24(21)11-13-26(22,23)5/h16-17,19-24,28H,6-15H2,1-5H3/t16-,17+,19?,20+,21?,22+,23?,24?,25-,26+/m0/s1. The molecule has 0 heterocycles. The van der Waals surface area contributed by atoms with Gasteiger partial charge in [-0.25, -0.2) is 0 Å². The summed E-state index contributed by atoms with van der Waals surface area (Å²) in [7, 11) is 0. The first-order valence-corrected chi connectivity index (χ1v) is 12.3. The molecule has 4 aliphatic rings. The van der Waals surface area contributed by atoms with Crippen LogP contribution in [0.3, 0.4) is 0 Å². The van der Waals surface area contributed by atoms with E-state index in [1.807, 2.05) is 0 Å². The van der Waals surface area contributed by atoms with Crippen molar-refractivity contribution in [3.8, 4) is 0 Å². The zero-order valence-corrected chi connectivity index (χ0v) is 19.0. The van der Waals surface area contributed by atoms with Gasteiger partial charge in [0.05, 0.1) is 6.10 Å². The maximum absolute atomic E-state index is 11.8. The summed E-state index contributed by atoms with van der Waals surface area (Å²) in [4.78, 5) is 11.8. The van der Waals surface area contributed by atoms with Crippen molar-refractivity contribution in [3.05, 3.63) is 0 Å². The van der Waals surface area contributed by atoms with E-state index in [0.29, 0.717) is 22.5 Å². The summed E-state index contributed by atoms with van der Waals surface area (Å²) in [6, 6.07) is 0. The topological polar surface area (TPSA) is 37.3 Å². The van der Waals surface area contributed by atoms with Crippen molar-refractivity contribution < 1.29 is 9.90 Å². The SMILES string of the molecule is CC(=O)[C@@H](C)C[C@@H](C)[C@H]1CCC2C3CCC4C[C@H](O)CC[C@]4(C)C3CC[C@@]21C. The summed E-state index contributed by atoms with van der Waals surface area (Å²) in [6.07, 6.45) is 12.7. The summed E-state index contributed by atoms with van der Waals surface area (Å²) in [5.74, 6) is 5.52. The van der Waals surface area contributed by atoms with Gasteiger partial charge in [-0.2, -0.15) is 0 Å². The quantitative estimate of drug-likeness (QED) is 0.617. The maximum Gasteiger partial charge on any atom is 0.132 e. The molecular weight excluding hydrogens is 344 g/mol.